The average Bonchev–Trinajstić information content (AvgIpc) is 2.87. The third kappa shape index (κ3) is 2.60. The van der Waals surface area contributed by atoms with E-state index in [1.807, 2.05) is 6.92 Å². The van der Waals surface area contributed by atoms with Crippen molar-refractivity contribution in [1.29, 1.82) is 0 Å². The fourth-order valence-corrected chi connectivity index (χ4v) is 2.92. The molecule has 0 unspecified atom stereocenters. The first-order valence-corrected chi connectivity index (χ1v) is 7.27. The summed E-state index contributed by atoms with van der Waals surface area (Å²) in [5.41, 5.74) is 1.99. The third-order valence-corrected chi connectivity index (χ3v) is 3.81. The molecule has 5 nitrogen and oxygen atoms in total. The topological polar surface area (TPSA) is 66.5 Å². The van der Waals surface area contributed by atoms with Gasteiger partial charge in [0.1, 0.15) is 5.03 Å². The summed E-state index contributed by atoms with van der Waals surface area (Å²) in [6, 6.07) is 8.36. The Morgan fingerprint density at radius 2 is 2.20 bits per heavy atom. The summed E-state index contributed by atoms with van der Waals surface area (Å²) in [6.07, 6.45) is 1.77. The Morgan fingerprint density at radius 1 is 1.30 bits per heavy atom. The van der Waals surface area contributed by atoms with Crippen molar-refractivity contribution in [3.8, 4) is 0 Å². The largest absolute Gasteiger partial charge is 0.354 e. The van der Waals surface area contributed by atoms with Crippen molar-refractivity contribution < 1.29 is 0 Å². The van der Waals surface area contributed by atoms with Gasteiger partial charge >= 0.3 is 0 Å². The quantitative estimate of drug-likeness (QED) is 0.720. The third-order valence-electron chi connectivity index (χ3n) is 2.81. The van der Waals surface area contributed by atoms with Crippen LogP contribution in [0.2, 0.25) is 0 Å². The van der Waals surface area contributed by atoms with Crippen molar-refractivity contribution in [3.05, 3.63) is 36.0 Å². The fourth-order valence-electron chi connectivity index (χ4n) is 1.91. The summed E-state index contributed by atoms with van der Waals surface area (Å²) in [5, 5.41) is 11.9. The van der Waals surface area contributed by atoms with Gasteiger partial charge in [0.25, 0.3) is 0 Å². The molecule has 0 fully saturated rings. The first-order chi connectivity index (χ1) is 9.76. The summed E-state index contributed by atoms with van der Waals surface area (Å²) >= 11 is 1.62. The number of nitrogens with zero attached hydrogens (tertiary/aromatic N) is 3. The molecule has 0 amide bonds. The van der Waals surface area contributed by atoms with Gasteiger partial charge in [0.2, 0.25) is 5.95 Å². The molecule has 3 aromatic rings. The van der Waals surface area contributed by atoms with Crippen LogP contribution in [-0.4, -0.2) is 26.7 Å². The van der Waals surface area contributed by atoms with Crippen molar-refractivity contribution in [3.63, 3.8) is 0 Å². The number of fused-ring (bicyclic) bond motifs is 1. The van der Waals surface area contributed by atoms with Gasteiger partial charge in [-0.3, -0.25) is 5.10 Å². The zero-order chi connectivity index (χ0) is 13.9. The SMILES string of the molecule is CCNc1nc(Sc2cccc(C)c2)c2cn[nH]c2n1. The Bertz CT molecular complexity index is 737. The molecule has 3 rings (SSSR count). The van der Waals surface area contributed by atoms with E-state index >= 15 is 0 Å². The van der Waals surface area contributed by atoms with Crippen LogP contribution in [-0.2, 0) is 0 Å². The van der Waals surface area contributed by atoms with Gasteiger partial charge in [-0.1, -0.05) is 29.5 Å². The molecule has 0 atom stereocenters. The molecule has 2 aromatic heterocycles. The predicted molar refractivity (Wildman–Crippen MR) is 81.1 cm³/mol. The number of aromatic nitrogens is 4. The summed E-state index contributed by atoms with van der Waals surface area (Å²) in [4.78, 5) is 10.1. The van der Waals surface area contributed by atoms with Crippen LogP contribution in [0, 0.1) is 6.92 Å². The number of rotatable bonds is 4. The van der Waals surface area contributed by atoms with Crippen LogP contribution >= 0.6 is 11.8 Å². The lowest BCUT2D eigenvalue weighted by molar-refractivity contribution is 1.04. The average molecular weight is 285 g/mol. The monoisotopic (exact) mass is 285 g/mol. The molecule has 102 valence electrons. The van der Waals surface area contributed by atoms with Crippen molar-refractivity contribution >= 4 is 28.7 Å². The molecule has 0 aliphatic rings. The number of aromatic amines is 1. The summed E-state index contributed by atoms with van der Waals surface area (Å²) < 4.78 is 0. The highest BCUT2D eigenvalue weighted by atomic mass is 32.2. The zero-order valence-electron chi connectivity index (χ0n) is 11.3. The molecule has 6 heteroatoms. The van der Waals surface area contributed by atoms with Gasteiger partial charge in [0, 0.05) is 11.4 Å². The van der Waals surface area contributed by atoms with Crippen molar-refractivity contribution in [2.45, 2.75) is 23.8 Å². The number of nitrogens with one attached hydrogen (secondary N) is 2. The fraction of sp³-hybridized carbons (Fsp3) is 0.214. The molecule has 1 aromatic carbocycles. The maximum absolute atomic E-state index is 4.57. The van der Waals surface area contributed by atoms with Crippen LogP contribution in [0.3, 0.4) is 0 Å². The zero-order valence-corrected chi connectivity index (χ0v) is 12.2. The predicted octanol–water partition coefficient (Wildman–Crippen LogP) is 3.24. The van der Waals surface area contributed by atoms with Gasteiger partial charge in [-0.2, -0.15) is 10.1 Å². The van der Waals surface area contributed by atoms with Crippen molar-refractivity contribution in [2.75, 3.05) is 11.9 Å². The molecule has 0 aliphatic carbocycles. The minimum Gasteiger partial charge on any atom is -0.354 e. The van der Waals surface area contributed by atoms with Gasteiger partial charge in [0.15, 0.2) is 5.65 Å². The summed E-state index contributed by atoms with van der Waals surface area (Å²) in [5.74, 6) is 0.624. The number of benzene rings is 1. The Balaban J connectivity index is 2.02. The van der Waals surface area contributed by atoms with Crippen LogP contribution in [0.25, 0.3) is 11.0 Å². The lowest BCUT2D eigenvalue weighted by atomic mass is 10.2. The van der Waals surface area contributed by atoms with E-state index in [9.17, 15) is 0 Å². The highest BCUT2D eigenvalue weighted by Crippen LogP contribution is 2.31. The first kappa shape index (κ1) is 12.9. The van der Waals surface area contributed by atoms with E-state index in [1.54, 1.807) is 18.0 Å². The van der Waals surface area contributed by atoms with E-state index in [-0.39, 0.29) is 0 Å². The molecular formula is C14H15N5S. The van der Waals surface area contributed by atoms with Gasteiger partial charge in [0.05, 0.1) is 11.6 Å². The molecular weight excluding hydrogens is 270 g/mol. The highest BCUT2D eigenvalue weighted by Gasteiger charge is 2.10. The van der Waals surface area contributed by atoms with Crippen LogP contribution < -0.4 is 5.32 Å². The Labute approximate surface area is 121 Å². The molecule has 0 bridgehead atoms. The Hall–Kier alpha value is -2.08. The second-order valence-corrected chi connectivity index (χ2v) is 5.50. The van der Waals surface area contributed by atoms with Crippen LogP contribution in [0.5, 0.6) is 0 Å². The molecule has 20 heavy (non-hydrogen) atoms. The summed E-state index contributed by atoms with van der Waals surface area (Å²) in [7, 11) is 0. The van der Waals surface area contributed by atoms with Gasteiger partial charge in [-0.15, -0.1) is 0 Å². The maximum atomic E-state index is 4.57. The van der Waals surface area contributed by atoms with Gasteiger partial charge in [-0.05, 0) is 26.0 Å². The number of hydrogen-bond donors (Lipinski definition) is 2. The van der Waals surface area contributed by atoms with Crippen LogP contribution in [0.4, 0.5) is 5.95 Å². The number of hydrogen-bond acceptors (Lipinski definition) is 5. The van der Waals surface area contributed by atoms with E-state index in [0.29, 0.717) is 5.95 Å². The minimum atomic E-state index is 0.624. The molecule has 0 radical (unpaired) electrons. The standard InChI is InChI=1S/C14H15N5S/c1-3-15-14-17-12-11(8-16-19-12)13(18-14)20-10-6-4-5-9(2)7-10/h4-8H,3H2,1-2H3,(H2,15,16,17,18,19). The normalized spacial score (nSPS) is 10.9. The van der Waals surface area contributed by atoms with E-state index in [2.05, 4.69) is 56.7 Å². The van der Waals surface area contributed by atoms with E-state index in [4.69, 9.17) is 0 Å². The molecule has 0 spiro atoms. The minimum absolute atomic E-state index is 0.624. The van der Waals surface area contributed by atoms with Crippen molar-refractivity contribution in [1.82, 2.24) is 20.2 Å². The first-order valence-electron chi connectivity index (χ1n) is 6.46. The Morgan fingerprint density at radius 3 is 3.00 bits per heavy atom. The van der Waals surface area contributed by atoms with Crippen LogP contribution in [0.15, 0.2) is 40.4 Å². The van der Waals surface area contributed by atoms with Crippen molar-refractivity contribution in [2.24, 2.45) is 0 Å². The number of anilines is 1. The molecule has 2 N–H and O–H groups in total. The van der Waals surface area contributed by atoms with Gasteiger partial charge < -0.3 is 5.32 Å². The van der Waals surface area contributed by atoms with Crippen LogP contribution in [0.1, 0.15) is 12.5 Å². The number of H-pyrrole nitrogens is 1. The smallest absolute Gasteiger partial charge is 0.225 e. The molecule has 0 saturated carbocycles. The maximum Gasteiger partial charge on any atom is 0.225 e. The van der Waals surface area contributed by atoms with E-state index < -0.39 is 0 Å². The second kappa shape index (κ2) is 5.50. The lowest BCUT2D eigenvalue weighted by Gasteiger charge is -2.06. The number of aryl methyl sites for hydroxylation is 1. The Kier molecular flexibility index (Phi) is 3.56. The molecule has 0 saturated heterocycles. The molecule has 2 heterocycles. The molecule has 0 aliphatic heterocycles. The van der Waals surface area contributed by atoms with E-state index in [1.165, 1.54) is 5.56 Å². The van der Waals surface area contributed by atoms with E-state index in [0.717, 1.165) is 27.5 Å². The highest BCUT2D eigenvalue weighted by molar-refractivity contribution is 7.99. The summed E-state index contributed by atoms with van der Waals surface area (Å²) in [6.45, 7) is 4.89. The lowest BCUT2D eigenvalue weighted by Crippen LogP contribution is -2.02. The van der Waals surface area contributed by atoms with Gasteiger partial charge in [-0.25, -0.2) is 4.98 Å². The second-order valence-electron chi connectivity index (χ2n) is 4.43.